The van der Waals surface area contributed by atoms with Crippen LogP contribution >= 0.6 is 12.4 Å². The molecule has 138 valence electrons. The van der Waals surface area contributed by atoms with Gasteiger partial charge in [-0.05, 0) is 37.1 Å². The van der Waals surface area contributed by atoms with Gasteiger partial charge in [0.15, 0.2) is 0 Å². The molecule has 0 saturated carbocycles. The van der Waals surface area contributed by atoms with E-state index in [1.54, 1.807) is 0 Å². The predicted molar refractivity (Wildman–Crippen MR) is 94.0 cm³/mol. The lowest BCUT2D eigenvalue weighted by Crippen LogP contribution is -2.53. The van der Waals surface area contributed by atoms with Gasteiger partial charge in [-0.25, -0.2) is 17.5 Å². The van der Waals surface area contributed by atoms with Crippen LogP contribution in [0.5, 0.6) is 0 Å². The zero-order valence-corrected chi connectivity index (χ0v) is 15.5. The molecule has 0 saturated heterocycles. The summed E-state index contributed by atoms with van der Waals surface area (Å²) in [5, 5.41) is 2.86. The summed E-state index contributed by atoms with van der Waals surface area (Å²) in [6.07, 6.45) is 1.41. The molecular formula is C15H25ClFN3O3S. The van der Waals surface area contributed by atoms with E-state index in [0.29, 0.717) is 19.4 Å². The number of rotatable bonds is 9. The Bertz CT molecular complexity index is 611. The minimum atomic E-state index is -3.75. The molecule has 24 heavy (non-hydrogen) atoms. The standard InChI is InChI=1S/C15H24FN3O3S.ClH/c1-3-15(4-2,11-17)19-14(20)9-10-18-23(21,22)13-7-5-12(16)6-8-13;/h5-8,18H,3-4,9-11,17H2,1-2H3,(H,19,20);1H. The van der Waals surface area contributed by atoms with E-state index in [4.69, 9.17) is 5.73 Å². The lowest BCUT2D eigenvalue weighted by Gasteiger charge is -2.31. The third kappa shape index (κ3) is 6.35. The van der Waals surface area contributed by atoms with Crippen molar-refractivity contribution >= 4 is 28.3 Å². The highest BCUT2D eigenvalue weighted by atomic mass is 35.5. The zero-order chi connectivity index (χ0) is 17.5. The molecule has 0 fully saturated rings. The first-order valence-corrected chi connectivity index (χ1v) is 9.03. The zero-order valence-electron chi connectivity index (χ0n) is 13.8. The van der Waals surface area contributed by atoms with Gasteiger partial charge in [0, 0.05) is 19.5 Å². The predicted octanol–water partition coefficient (Wildman–Crippen LogP) is 1.55. The molecule has 1 aromatic carbocycles. The molecule has 0 aliphatic heterocycles. The molecule has 1 rings (SSSR count). The summed E-state index contributed by atoms with van der Waals surface area (Å²) in [4.78, 5) is 11.9. The SMILES string of the molecule is CCC(CC)(CN)NC(=O)CCNS(=O)(=O)c1ccc(F)cc1.Cl. The van der Waals surface area contributed by atoms with Crippen LogP contribution in [0.15, 0.2) is 29.2 Å². The molecule has 0 radical (unpaired) electrons. The van der Waals surface area contributed by atoms with Crippen molar-refractivity contribution in [2.24, 2.45) is 5.73 Å². The van der Waals surface area contributed by atoms with Crippen molar-refractivity contribution in [3.63, 3.8) is 0 Å². The fourth-order valence-corrected chi connectivity index (χ4v) is 3.15. The number of carbonyl (C=O) groups is 1. The average Bonchev–Trinajstić information content (AvgIpc) is 2.53. The summed E-state index contributed by atoms with van der Waals surface area (Å²) in [5.41, 5.74) is 5.25. The number of nitrogens with two attached hydrogens (primary N) is 1. The van der Waals surface area contributed by atoms with E-state index in [1.807, 2.05) is 13.8 Å². The highest BCUT2D eigenvalue weighted by Gasteiger charge is 2.26. The van der Waals surface area contributed by atoms with Crippen molar-refractivity contribution in [2.45, 2.75) is 43.5 Å². The number of sulfonamides is 1. The molecule has 0 unspecified atom stereocenters. The smallest absolute Gasteiger partial charge is 0.240 e. The number of nitrogens with one attached hydrogen (secondary N) is 2. The van der Waals surface area contributed by atoms with Gasteiger partial charge in [0.1, 0.15) is 5.82 Å². The second-order valence-corrected chi connectivity index (χ2v) is 7.11. The number of benzene rings is 1. The fraction of sp³-hybridized carbons (Fsp3) is 0.533. The summed E-state index contributed by atoms with van der Waals surface area (Å²) in [6, 6.07) is 4.48. The van der Waals surface area contributed by atoms with Crippen LogP contribution in [0.1, 0.15) is 33.1 Å². The normalized spacial score (nSPS) is 11.7. The third-order valence-electron chi connectivity index (χ3n) is 3.92. The van der Waals surface area contributed by atoms with Crippen molar-refractivity contribution in [2.75, 3.05) is 13.1 Å². The maximum absolute atomic E-state index is 12.8. The molecular weight excluding hydrogens is 357 g/mol. The minimum Gasteiger partial charge on any atom is -0.349 e. The summed E-state index contributed by atoms with van der Waals surface area (Å²) in [5.74, 6) is -0.776. The van der Waals surface area contributed by atoms with Gasteiger partial charge in [0.25, 0.3) is 0 Å². The van der Waals surface area contributed by atoms with Crippen molar-refractivity contribution in [3.8, 4) is 0 Å². The van der Waals surface area contributed by atoms with Crippen molar-refractivity contribution in [1.29, 1.82) is 0 Å². The van der Waals surface area contributed by atoms with Gasteiger partial charge >= 0.3 is 0 Å². The van der Waals surface area contributed by atoms with E-state index in [9.17, 15) is 17.6 Å². The molecule has 0 heterocycles. The molecule has 0 aliphatic carbocycles. The van der Waals surface area contributed by atoms with E-state index in [-0.39, 0.29) is 36.2 Å². The Kier molecular flexibility index (Phi) is 9.42. The Labute approximate surface area is 148 Å². The molecule has 0 atom stereocenters. The highest BCUT2D eigenvalue weighted by Crippen LogP contribution is 2.13. The molecule has 6 nitrogen and oxygen atoms in total. The number of halogens is 2. The van der Waals surface area contributed by atoms with E-state index in [1.165, 1.54) is 12.1 Å². The Morgan fingerprint density at radius 2 is 1.75 bits per heavy atom. The third-order valence-corrected chi connectivity index (χ3v) is 5.39. The largest absolute Gasteiger partial charge is 0.349 e. The van der Waals surface area contributed by atoms with Crippen LogP contribution in [0.3, 0.4) is 0 Å². The second kappa shape index (κ2) is 9.93. The van der Waals surface area contributed by atoms with Gasteiger partial charge < -0.3 is 11.1 Å². The average molecular weight is 382 g/mol. The van der Waals surface area contributed by atoms with Gasteiger partial charge in [-0.1, -0.05) is 13.8 Å². The van der Waals surface area contributed by atoms with Gasteiger partial charge in [-0.2, -0.15) is 0 Å². The van der Waals surface area contributed by atoms with Crippen LogP contribution in [0.4, 0.5) is 4.39 Å². The lowest BCUT2D eigenvalue weighted by atomic mass is 9.93. The van der Waals surface area contributed by atoms with Gasteiger partial charge in [0.2, 0.25) is 15.9 Å². The number of amides is 1. The molecule has 0 bridgehead atoms. The minimum absolute atomic E-state index is 0. The monoisotopic (exact) mass is 381 g/mol. The Hall–Kier alpha value is -1.22. The molecule has 0 aromatic heterocycles. The molecule has 9 heteroatoms. The van der Waals surface area contributed by atoms with Crippen molar-refractivity contribution in [1.82, 2.24) is 10.0 Å². The van der Waals surface area contributed by atoms with Crippen LogP contribution in [0.25, 0.3) is 0 Å². The summed E-state index contributed by atoms with van der Waals surface area (Å²) >= 11 is 0. The fourth-order valence-electron chi connectivity index (χ4n) is 2.12. The van der Waals surface area contributed by atoms with Crippen LogP contribution in [0, 0.1) is 5.82 Å². The van der Waals surface area contributed by atoms with Crippen LogP contribution in [0.2, 0.25) is 0 Å². The Balaban J connectivity index is 0.00000529. The molecule has 0 spiro atoms. The topological polar surface area (TPSA) is 101 Å². The number of carbonyl (C=O) groups excluding carboxylic acids is 1. The molecule has 0 aliphatic rings. The molecule has 1 amide bonds. The lowest BCUT2D eigenvalue weighted by molar-refractivity contribution is -0.122. The maximum Gasteiger partial charge on any atom is 0.240 e. The molecule has 4 N–H and O–H groups in total. The highest BCUT2D eigenvalue weighted by molar-refractivity contribution is 7.89. The van der Waals surface area contributed by atoms with Crippen molar-refractivity contribution in [3.05, 3.63) is 30.1 Å². The first-order chi connectivity index (χ1) is 10.8. The summed E-state index contributed by atoms with van der Waals surface area (Å²) in [6.45, 7) is 4.16. The first kappa shape index (κ1) is 22.8. The van der Waals surface area contributed by atoms with Crippen LogP contribution < -0.4 is 15.8 Å². The van der Waals surface area contributed by atoms with Crippen LogP contribution in [-0.4, -0.2) is 33.0 Å². The summed E-state index contributed by atoms with van der Waals surface area (Å²) in [7, 11) is -3.75. The van der Waals surface area contributed by atoms with E-state index < -0.39 is 21.4 Å². The second-order valence-electron chi connectivity index (χ2n) is 5.34. The number of hydrogen-bond donors (Lipinski definition) is 3. The Morgan fingerprint density at radius 3 is 2.21 bits per heavy atom. The summed E-state index contributed by atoms with van der Waals surface area (Å²) < 4.78 is 39.1. The van der Waals surface area contributed by atoms with E-state index >= 15 is 0 Å². The quantitative estimate of drug-likeness (QED) is 0.604. The van der Waals surface area contributed by atoms with Gasteiger partial charge in [-0.15, -0.1) is 12.4 Å². The molecule has 1 aromatic rings. The van der Waals surface area contributed by atoms with E-state index in [2.05, 4.69) is 10.0 Å². The van der Waals surface area contributed by atoms with Crippen LogP contribution in [-0.2, 0) is 14.8 Å². The number of hydrogen-bond acceptors (Lipinski definition) is 4. The maximum atomic E-state index is 12.8. The van der Waals surface area contributed by atoms with Gasteiger partial charge in [0.05, 0.1) is 10.4 Å². The van der Waals surface area contributed by atoms with Gasteiger partial charge in [-0.3, -0.25) is 4.79 Å². The van der Waals surface area contributed by atoms with Crippen molar-refractivity contribution < 1.29 is 17.6 Å². The first-order valence-electron chi connectivity index (χ1n) is 7.55. The van der Waals surface area contributed by atoms with E-state index in [0.717, 1.165) is 12.1 Å². The Morgan fingerprint density at radius 1 is 1.21 bits per heavy atom.